The quantitative estimate of drug-likeness (QED) is 0.675. The van der Waals surface area contributed by atoms with E-state index in [1.165, 1.54) is 4.31 Å². The van der Waals surface area contributed by atoms with Gasteiger partial charge in [0.05, 0.1) is 5.69 Å². The number of nitrogens with zero attached hydrogens (tertiary/aromatic N) is 1. The Morgan fingerprint density at radius 3 is 2.23 bits per heavy atom. The highest BCUT2D eigenvalue weighted by molar-refractivity contribution is 7.97. The Hall–Kier alpha value is -3.38. The normalized spacial score (nSPS) is 14.9. The molecule has 0 saturated heterocycles. The summed E-state index contributed by atoms with van der Waals surface area (Å²) < 4.78 is 28.5. The molecule has 152 valence electrons. The van der Waals surface area contributed by atoms with Crippen molar-refractivity contribution < 1.29 is 13.2 Å². The van der Waals surface area contributed by atoms with Crippen molar-refractivity contribution in [1.29, 1.82) is 0 Å². The molecule has 30 heavy (non-hydrogen) atoms. The maximum atomic E-state index is 13.6. The molecule has 1 N–H and O–H groups in total. The fourth-order valence-corrected chi connectivity index (χ4v) is 5.50. The third kappa shape index (κ3) is 3.29. The van der Waals surface area contributed by atoms with E-state index >= 15 is 0 Å². The lowest BCUT2D eigenvalue weighted by Gasteiger charge is -2.32. The zero-order chi connectivity index (χ0) is 21.3. The number of hydrogen-bond donors (Lipinski definition) is 1. The lowest BCUT2D eigenvalue weighted by molar-refractivity contribution is -0.112. The van der Waals surface area contributed by atoms with Crippen LogP contribution in [0.5, 0.6) is 0 Å². The molecule has 0 unspecified atom stereocenters. The largest absolute Gasteiger partial charge is 0.321 e. The Morgan fingerprint density at radius 2 is 1.53 bits per heavy atom. The Labute approximate surface area is 176 Å². The fraction of sp³-hybridized carbons (Fsp3) is 0.125. The molecular weight excluding hydrogens is 396 g/mol. The smallest absolute Gasteiger partial charge is 0.270 e. The summed E-state index contributed by atoms with van der Waals surface area (Å²) in [6.07, 6.45) is 0. The van der Waals surface area contributed by atoms with Crippen molar-refractivity contribution in [2.24, 2.45) is 0 Å². The molecule has 3 aromatic rings. The zero-order valence-corrected chi connectivity index (χ0v) is 17.6. The number of fused-ring (bicyclic) bond motifs is 1. The number of amides is 1. The number of carbonyl (C=O) groups excluding carboxylic acids is 1. The maximum Gasteiger partial charge on any atom is 0.270 e. The van der Waals surface area contributed by atoms with Gasteiger partial charge in [0.1, 0.15) is 0 Å². The number of sulfonamides is 1. The van der Waals surface area contributed by atoms with Crippen LogP contribution in [0.25, 0.3) is 5.57 Å². The van der Waals surface area contributed by atoms with Crippen LogP contribution in [-0.4, -0.2) is 20.9 Å². The van der Waals surface area contributed by atoms with Crippen LogP contribution in [0.4, 0.5) is 11.4 Å². The SMILES string of the molecule is CCN1c2ccccc2C(c2ccccc2)=C(C(=O)Nc2ccccc2C)S1(=O)=O. The molecule has 0 aliphatic carbocycles. The Morgan fingerprint density at radius 1 is 0.900 bits per heavy atom. The van der Waals surface area contributed by atoms with Gasteiger partial charge in [-0.3, -0.25) is 9.10 Å². The Kier molecular flexibility index (Phi) is 5.18. The van der Waals surface area contributed by atoms with Gasteiger partial charge in [-0.05, 0) is 37.1 Å². The number of aryl methyl sites for hydroxylation is 1. The van der Waals surface area contributed by atoms with E-state index in [0.717, 1.165) is 11.1 Å². The van der Waals surface area contributed by atoms with E-state index in [1.54, 1.807) is 31.2 Å². The van der Waals surface area contributed by atoms with Gasteiger partial charge in [-0.2, -0.15) is 0 Å². The Bertz CT molecular complexity index is 1250. The zero-order valence-electron chi connectivity index (χ0n) is 16.8. The van der Waals surface area contributed by atoms with Crippen molar-refractivity contribution in [1.82, 2.24) is 0 Å². The fourth-order valence-electron chi connectivity index (χ4n) is 3.75. The molecule has 0 spiro atoms. The number of benzene rings is 3. The molecule has 1 aliphatic heterocycles. The topological polar surface area (TPSA) is 66.5 Å². The summed E-state index contributed by atoms with van der Waals surface area (Å²) in [5.74, 6) is -0.642. The molecule has 3 aromatic carbocycles. The third-order valence-corrected chi connectivity index (χ3v) is 7.11. The number of hydrogen-bond acceptors (Lipinski definition) is 3. The minimum absolute atomic E-state index is 0.225. The van der Waals surface area contributed by atoms with Crippen LogP contribution in [0.2, 0.25) is 0 Å². The first kappa shape index (κ1) is 19.9. The molecule has 1 heterocycles. The highest BCUT2D eigenvalue weighted by Crippen LogP contribution is 2.42. The van der Waals surface area contributed by atoms with Crippen molar-refractivity contribution in [3.63, 3.8) is 0 Å². The molecule has 0 saturated carbocycles. The highest BCUT2D eigenvalue weighted by Gasteiger charge is 2.40. The standard InChI is InChI=1S/C24H22N2O3S/c1-3-26-21-16-10-8-14-19(21)22(18-12-5-4-6-13-18)23(30(26,28)29)24(27)25-20-15-9-7-11-17(20)2/h4-16H,3H2,1-2H3,(H,25,27). The van der Waals surface area contributed by atoms with Crippen LogP contribution < -0.4 is 9.62 Å². The van der Waals surface area contributed by atoms with Crippen LogP contribution in [0.15, 0.2) is 83.8 Å². The van der Waals surface area contributed by atoms with Crippen LogP contribution in [0, 0.1) is 6.92 Å². The predicted molar refractivity (Wildman–Crippen MR) is 121 cm³/mol. The number of anilines is 2. The molecule has 0 radical (unpaired) electrons. The Balaban J connectivity index is 2.00. The van der Waals surface area contributed by atoms with Gasteiger partial charge in [0.2, 0.25) is 0 Å². The van der Waals surface area contributed by atoms with Crippen molar-refractivity contribution in [2.75, 3.05) is 16.2 Å². The summed E-state index contributed by atoms with van der Waals surface area (Å²) in [6, 6.07) is 23.8. The molecule has 0 bridgehead atoms. The number of carbonyl (C=O) groups is 1. The molecule has 0 aromatic heterocycles. The summed E-state index contributed by atoms with van der Waals surface area (Å²) in [4.78, 5) is 13.2. The average molecular weight is 419 g/mol. The van der Waals surface area contributed by atoms with Crippen molar-refractivity contribution >= 4 is 32.9 Å². The van der Waals surface area contributed by atoms with Gasteiger partial charge < -0.3 is 5.32 Å². The summed E-state index contributed by atoms with van der Waals surface area (Å²) in [5.41, 5.74) is 3.83. The molecule has 4 rings (SSSR count). The minimum atomic E-state index is -4.06. The van der Waals surface area contributed by atoms with Crippen LogP contribution >= 0.6 is 0 Å². The van der Waals surface area contributed by atoms with Gasteiger partial charge in [-0.1, -0.05) is 66.7 Å². The van der Waals surface area contributed by atoms with Crippen LogP contribution in [0.1, 0.15) is 23.6 Å². The number of para-hydroxylation sites is 2. The van der Waals surface area contributed by atoms with Gasteiger partial charge in [0.15, 0.2) is 4.91 Å². The lowest BCUT2D eigenvalue weighted by Crippen LogP contribution is -2.39. The van der Waals surface area contributed by atoms with E-state index in [0.29, 0.717) is 22.5 Å². The second kappa shape index (κ2) is 7.80. The molecule has 0 fully saturated rings. The van der Waals surface area contributed by atoms with Gasteiger partial charge in [-0.25, -0.2) is 8.42 Å². The van der Waals surface area contributed by atoms with Crippen molar-refractivity contribution in [2.45, 2.75) is 13.8 Å². The molecule has 1 aliphatic rings. The van der Waals surface area contributed by atoms with Crippen molar-refractivity contribution in [3.05, 3.63) is 100 Å². The van der Waals surface area contributed by atoms with Crippen LogP contribution in [0.3, 0.4) is 0 Å². The average Bonchev–Trinajstić information content (AvgIpc) is 2.74. The maximum absolute atomic E-state index is 13.6. The van der Waals surface area contributed by atoms with E-state index in [4.69, 9.17) is 0 Å². The summed E-state index contributed by atoms with van der Waals surface area (Å²) in [6.45, 7) is 3.85. The minimum Gasteiger partial charge on any atom is -0.321 e. The monoisotopic (exact) mass is 418 g/mol. The summed E-state index contributed by atoms with van der Waals surface area (Å²) in [7, 11) is -4.06. The van der Waals surface area contributed by atoms with Gasteiger partial charge in [-0.15, -0.1) is 0 Å². The molecule has 1 amide bonds. The van der Waals surface area contributed by atoms with Gasteiger partial charge in [0, 0.05) is 23.4 Å². The highest BCUT2D eigenvalue weighted by atomic mass is 32.2. The van der Waals surface area contributed by atoms with E-state index in [2.05, 4.69) is 5.32 Å². The molecule has 6 heteroatoms. The second-order valence-corrected chi connectivity index (χ2v) is 8.83. The van der Waals surface area contributed by atoms with E-state index in [9.17, 15) is 13.2 Å². The molecule has 0 atom stereocenters. The van der Waals surface area contributed by atoms with E-state index in [-0.39, 0.29) is 11.4 Å². The summed E-state index contributed by atoms with van der Waals surface area (Å²) >= 11 is 0. The first-order valence-electron chi connectivity index (χ1n) is 9.74. The molecular formula is C24H22N2O3S. The molecule has 5 nitrogen and oxygen atoms in total. The number of nitrogens with one attached hydrogen (secondary N) is 1. The van der Waals surface area contributed by atoms with Crippen LogP contribution in [-0.2, 0) is 14.8 Å². The first-order valence-corrected chi connectivity index (χ1v) is 11.2. The predicted octanol–water partition coefficient (Wildman–Crippen LogP) is 4.56. The van der Waals surface area contributed by atoms with Gasteiger partial charge in [0.25, 0.3) is 15.9 Å². The van der Waals surface area contributed by atoms with Crippen molar-refractivity contribution in [3.8, 4) is 0 Å². The first-order chi connectivity index (χ1) is 14.4. The summed E-state index contributed by atoms with van der Waals surface area (Å²) in [5, 5.41) is 2.81. The number of rotatable bonds is 4. The third-order valence-electron chi connectivity index (χ3n) is 5.17. The van der Waals surface area contributed by atoms with Gasteiger partial charge >= 0.3 is 0 Å². The van der Waals surface area contributed by atoms with E-state index in [1.807, 2.05) is 61.5 Å². The second-order valence-electron chi connectivity index (χ2n) is 7.03. The lowest BCUT2D eigenvalue weighted by atomic mass is 9.95. The van der Waals surface area contributed by atoms with E-state index < -0.39 is 15.9 Å².